The normalized spacial score (nSPS) is 11.3. The number of pyridine rings is 1. The van der Waals surface area contributed by atoms with Gasteiger partial charge in [-0.15, -0.1) is 0 Å². The molecule has 13 heavy (non-hydrogen) atoms. The van der Waals surface area contributed by atoms with E-state index in [1.54, 1.807) is 0 Å². The Labute approximate surface area is 73.3 Å². The Hall–Kier alpha value is -1.24. The highest BCUT2D eigenvalue weighted by molar-refractivity contribution is 7.86. The van der Waals surface area contributed by atoms with E-state index >= 15 is 0 Å². The van der Waals surface area contributed by atoms with E-state index in [0.29, 0.717) is 6.26 Å². The van der Waals surface area contributed by atoms with E-state index in [9.17, 15) is 17.2 Å². The molecule has 1 aromatic rings. The predicted octanol–water partition coefficient (Wildman–Crippen LogP) is 0.698. The van der Waals surface area contributed by atoms with Crippen molar-refractivity contribution in [2.75, 3.05) is 6.26 Å². The van der Waals surface area contributed by atoms with Crippen LogP contribution in [-0.2, 0) is 10.1 Å². The van der Waals surface area contributed by atoms with Gasteiger partial charge in [-0.05, 0) is 12.1 Å². The minimum Gasteiger partial charge on any atom is -0.358 e. The van der Waals surface area contributed by atoms with Crippen molar-refractivity contribution in [2.45, 2.75) is 0 Å². The van der Waals surface area contributed by atoms with Crippen LogP contribution in [0.2, 0.25) is 0 Å². The van der Waals surface area contributed by atoms with Crippen molar-refractivity contribution in [1.29, 1.82) is 0 Å². The van der Waals surface area contributed by atoms with Crippen molar-refractivity contribution in [3.05, 3.63) is 23.9 Å². The van der Waals surface area contributed by atoms with Crippen LogP contribution in [0.3, 0.4) is 0 Å². The molecule has 0 fully saturated rings. The Morgan fingerprint density at radius 3 is 2.54 bits per heavy atom. The van der Waals surface area contributed by atoms with Crippen LogP contribution in [-0.4, -0.2) is 19.7 Å². The summed E-state index contributed by atoms with van der Waals surface area (Å²) in [4.78, 5) is 2.92. The molecule has 0 spiro atoms. The number of halogens is 2. The molecule has 0 aliphatic rings. The van der Waals surface area contributed by atoms with E-state index in [1.165, 1.54) is 0 Å². The minimum absolute atomic E-state index is 0.707. The Morgan fingerprint density at radius 1 is 1.38 bits per heavy atom. The molecule has 7 heteroatoms. The Balaban J connectivity index is 3.08. The van der Waals surface area contributed by atoms with Gasteiger partial charge in [-0.25, -0.2) is 4.39 Å². The van der Waals surface area contributed by atoms with E-state index in [4.69, 9.17) is 0 Å². The standard InChI is InChI=1S/C6H5F2NO3S/c1-13(10,11)12-6-4(7)2-3-5(8)9-6/h2-3H,1H3. The van der Waals surface area contributed by atoms with Crippen molar-refractivity contribution in [1.82, 2.24) is 4.98 Å². The smallest absolute Gasteiger partial charge is 0.307 e. The Kier molecular flexibility index (Phi) is 2.46. The van der Waals surface area contributed by atoms with E-state index < -0.39 is 27.8 Å². The first-order valence-corrected chi connectivity index (χ1v) is 4.91. The van der Waals surface area contributed by atoms with Gasteiger partial charge in [0.15, 0.2) is 5.82 Å². The molecular formula is C6H5F2NO3S. The summed E-state index contributed by atoms with van der Waals surface area (Å²) in [5, 5.41) is 0. The van der Waals surface area contributed by atoms with E-state index in [0.717, 1.165) is 12.1 Å². The highest BCUT2D eigenvalue weighted by Gasteiger charge is 2.12. The summed E-state index contributed by atoms with van der Waals surface area (Å²) in [5.41, 5.74) is 0. The molecule has 72 valence electrons. The van der Waals surface area contributed by atoms with Gasteiger partial charge in [-0.2, -0.15) is 17.8 Å². The summed E-state index contributed by atoms with van der Waals surface area (Å²) in [7, 11) is -3.89. The fourth-order valence-electron chi connectivity index (χ4n) is 0.603. The molecule has 0 saturated carbocycles. The molecule has 0 aliphatic heterocycles. The Morgan fingerprint density at radius 2 is 2.00 bits per heavy atom. The molecule has 0 radical (unpaired) electrons. The van der Waals surface area contributed by atoms with Crippen molar-refractivity contribution in [2.24, 2.45) is 0 Å². The van der Waals surface area contributed by atoms with Crippen LogP contribution in [0.1, 0.15) is 0 Å². The lowest BCUT2D eigenvalue weighted by molar-refractivity contribution is 0.439. The molecule has 1 rings (SSSR count). The van der Waals surface area contributed by atoms with Crippen molar-refractivity contribution < 1.29 is 21.4 Å². The van der Waals surface area contributed by atoms with Gasteiger partial charge in [-0.3, -0.25) is 0 Å². The van der Waals surface area contributed by atoms with Gasteiger partial charge in [0.05, 0.1) is 6.26 Å². The van der Waals surface area contributed by atoms with Gasteiger partial charge in [0.1, 0.15) is 0 Å². The number of hydrogen-bond donors (Lipinski definition) is 0. The summed E-state index contributed by atoms with van der Waals surface area (Å²) < 4.78 is 50.1. The molecule has 1 aromatic heterocycles. The molecule has 0 bridgehead atoms. The van der Waals surface area contributed by atoms with Crippen LogP contribution in [0.4, 0.5) is 8.78 Å². The molecule has 0 unspecified atom stereocenters. The van der Waals surface area contributed by atoms with Gasteiger partial charge in [0, 0.05) is 0 Å². The van der Waals surface area contributed by atoms with Crippen LogP contribution in [0.5, 0.6) is 5.88 Å². The molecule has 0 amide bonds. The average molecular weight is 209 g/mol. The highest BCUT2D eigenvalue weighted by Crippen LogP contribution is 2.14. The fourth-order valence-corrected chi connectivity index (χ4v) is 1.01. The third kappa shape index (κ3) is 2.94. The lowest BCUT2D eigenvalue weighted by Crippen LogP contribution is -2.08. The van der Waals surface area contributed by atoms with Gasteiger partial charge in [-0.1, -0.05) is 0 Å². The van der Waals surface area contributed by atoms with Crippen LogP contribution in [0.25, 0.3) is 0 Å². The Bertz CT molecular complexity index is 418. The first-order chi connectivity index (χ1) is 5.88. The van der Waals surface area contributed by atoms with E-state index in [1.807, 2.05) is 0 Å². The lowest BCUT2D eigenvalue weighted by atomic mass is 10.5. The SMILES string of the molecule is CS(=O)(=O)Oc1nc(F)ccc1F. The van der Waals surface area contributed by atoms with Crippen molar-refractivity contribution >= 4 is 10.1 Å². The summed E-state index contributed by atoms with van der Waals surface area (Å²) in [5.74, 6) is -2.94. The second-order valence-corrected chi connectivity index (χ2v) is 3.78. The summed E-state index contributed by atoms with van der Waals surface area (Å²) in [6, 6.07) is 1.48. The van der Waals surface area contributed by atoms with E-state index in [2.05, 4.69) is 9.17 Å². The average Bonchev–Trinajstić information content (AvgIpc) is 1.94. The van der Waals surface area contributed by atoms with Crippen LogP contribution in [0, 0.1) is 11.8 Å². The van der Waals surface area contributed by atoms with Gasteiger partial charge in [0.2, 0.25) is 5.95 Å². The molecule has 0 saturated heterocycles. The molecule has 0 aliphatic carbocycles. The first kappa shape index (κ1) is 9.85. The maximum absolute atomic E-state index is 12.7. The van der Waals surface area contributed by atoms with Crippen LogP contribution < -0.4 is 4.18 Å². The van der Waals surface area contributed by atoms with Crippen molar-refractivity contribution in [3.63, 3.8) is 0 Å². The zero-order valence-corrected chi connectivity index (χ0v) is 7.31. The monoisotopic (exact) mass is 209 g/mol. The summed E-state index contributed by atoms with van der Waals surface area (Å²) in [6.45, 7) is 0. The largest absolute Gasteiger partial charge is 0.358 e. The van der Waals surface area contributed by atoms with Gasteiger partial charge < -0.3 is 4.18 Å². The third-order valence-corrected chi connectivity index (χ3v) is 1.47. The maximum Gasteiger partial charge on any atom is 0.307 e. The lowest BCUT2D eigenvalue weighted by Gasteiger charge is -2.01. The molecule has 0 atom stereocenters. The van der Waals surface area contributed by atoms with Crippen LogP contribution in [0.15, 0.2) is 12.1 Å². The first-order valence-electron chi connectivity index (χ1n) is 3.10. The predicted molar refractivity (Wildman–Crippen MR) is 39.6 cm³/mol. The highest BCUT2D eigenvalue weighted by atomic mass is 32.2. The van der Waals surface area contributed by atoms with Crippen LogP contribution >= 0.6 is 0 Å². The number of hydrogen-bond acceptors (Lipinski definition) is 4. The summed E-state index contributed by atoms with van der Waals surface area (Å²) >= 11 is 0. The number of nitrogens with zero attached hydrogens (tertiary/aromatic N) is 1. The van der Waals surface area contributed by atoms with Crippen molar-refractivity contribution in [3.8, 4) is 5.88 Å². The van der Waals surface area contributed by atoms with Gasteiger partial charge in [0.25, 0.3) is 5.88 Å². The zero-order chi connectivity index (χ0) is 10.1. The maximum atomic E-state index is 12.7. The second-order valence-electron chi connectivity index (χ2n) is 2.21. The third-order valence-electron chi connectivity index (χ3n) is 1.01. The molecule has 1 heterocycles. The summed E-state index contributed by atoms with van der Waals surface area (Å²) in [6.07, 6.45) is 0.707. The topological polar surface area (TPSA) is 56.3 Å². The fraction of sp³-hybridized carbons (Fsp3) is 0.167. The molecule has 0 aromatic carbocycles. The number of aromatic nitrogens is 1. The second kappa shape index (κ2) is 3.25. The molecule has 0 N–H and O–H groups in total. The zero-order valence-electron chi connectivity index (χ0n) is 6.49. The number of rotatable bonds is 2. The minimum atomic E-state index is -3.89. The molecular weight excluding hydrogens is 204 g/mol. The molecule has 4 nitrogen and oxygen atoms in total. The van der Waals surface area contributed by atoms with E-state index in [-0.39, 0.29) is 0 Å². The van der Waals surface area contributed by atoms with Gasteiger partial charge >= 0.3 is 10.1 Å². The quantitative estimate of drug-likeness (QED) is 0.531.